The summed E-state index contributed by atoms with van der Waals surface area (Å²) in [4.78, 5) is 13.9. The van der Waals surface area contributed by atoms with E-state index < -0.39 is 6.36 Å². The van der Waals surface area contributed by atoms with Crippen LogP contribution in [0.15, 0.2) is 24.3 Å². The monoisotopic (exact) mass is 303 g/mol. The molecule has 1 aliphatic rings. The van der Waals surface area contributed by atoms with Crippen LogP contribution in [-0.4, -0.2) is 42.5 Å². The van der Waals surface area contributed by atoms with Gasteiger partial charge in [-0.1, -0.05) is 0 Å². The van der Waals surface area contributed by atoms with E-state index in [0.717, 1.165) is 12.1 Å². The third kappa shape index (κ3) is 4.35. The number of nitrogens with zero attached hydrogens (tertiary/aromatic N) is 1. The minimum Gasteiger partial charge on any atom is -0.406 e. The van der Waals surface area contributed by atoms with E-state index in [1.165, 1.54) is 12.1 Å². The molecule has 1 heterocycles. The van der Waals surface area contributed by atoms with Gasteiger partial charge in [0.2, 0.25) is 0 Å². The van der Waals surface area contributed by atoms with Crippen molar-refractivity contribution in [3.8, 4) is 5.75 Å². The van der Waals surface area contributed by atoms with Crippen molar-refractivity contribution in [1.82, 2.24) is 4.90 Å². The van der Waals surface area contributed by atoms with Gasteiger partial charge < -0.3 is 14.4 Å². The van der Waals surface area contributed by atoms with Gasteiger partial charge in [-0.15, -0.1) is 13.2 Å². The van der Waals surface area contributed by atoms with Gasteiger partial charge in [-0.25, -0.2) is 0 Å². The van der Waals surface area contributed by atoms with E-state index in [4.69, 9.17) is 4.74 Å². The Hall–Kier alpha value is -1.76. The largest absolute Gasteiger partial charge is 0.573 e. The number of ether oxygens (including phenoxy) is 2. The minimum absolute atomic E-state index is 0.0643. The number of hydrogen-bond acceptors (Lipinski definition) is 3. The Balaban J connectivity index is 2.06. The summed E-state index contributed by atoms with van der Waals surface area (Å²) >= 11 is 0. The summed E-state index contributed by atoms with van der Waals surface area (Å²) in [5.74, 6) is -0.571. The number of benzene rings is 1. The molecule has 2 unspecified atom stereocenters. The predicted octanol–water partition coefficient (Wildman–Crippen LogP) is 2.83. The molecular weight excluding hydrogens is 287 g/mol. The van der Waals surface area contributed by atoms with Crippen molar-refractivity contribution >= 4 is 5.91 Å². The van der Waals surface area contributed by atoms with Crippen molar-refractivity contribution < 1.29 is 27.4 Å². The number of halogens is 3. The molecule has 1 amide bonds. The first-order valence-electron chi connectivity index (χ1n) is 6.55. The maximum atomic E-state index is 12.3. The lowest BCUT2D eigenvalue weighted by molar-refractivity contribution is -0.274. The van der Waals surface area contributed by atoms with Gasteiger partial charge in [0.1, 0.15) is 5.75 Å². The van der Waals surface area contributed by atoms with Gasteiger partial charge in [-0.2, -0.15) is 0 Å². The van der Waals surface area contributed by atoms with Gasteiger partial charge in [0, 0.05) is 18.7 Å². The normalized spacial score (nSPS) is 23.0. The molecule has 0 aromatic heterocycles. The van der Waals surface area contributed by atoms with Crippen LogP contribution < -0.4 is 4.74 Å². The summed E-state index contributed by atoms with van der Waals surface area (Å²) in [6.07, 6.45) is -4.86. The summed E-state index contributed by atoms with van der Waals surface area (Å²) in [5, 5.41) is 0. The van der Waals surface area contributed by atoms with Gasteiger partial charge in [-0.05, 0) is 38.1 Å². The van der Waals surface area contributed by atoms with Crippen molar-refractivity contribution in [3.05, 3.63) is 29.8 Å². The second-order valence-electron chi connectivity index (χ2n) is 5.04. The Labute approximate surface area is 120 Å². The van der Waals surface area contributed by atoms with Crippen molar-refractivity contribution in [2.75, 3.05) is 13.1 Å². The Morgan fingerprint density at radius 3 is 2.19 bits per heavy atom. The highest BCUT2D eigenvalue weighted by atomic mass is 19.4. The van der Waals surface area contributed by atoms with Crippen molar-refractivity contribution in [2.45, 2.75) is 32.4 Å². The highest BCUT2D eigenvalue weighted by molar-refractivity contribution is 5.94. The summed E-state index contributed by atoms with van der Waals surface area (Å²) in [6.45, 7) is 4.67. The van der Waals surface area contributed by atoms with Crippen LogP contribution >= 0.6 is 0 Å². The van der Waals surface area contributed by atoms with Crippen molar-refractivity contribution in [2.24, 2.45) is 0 Å². The molecule has 0 N–H and O–H groups in total. The highest BCUT2D eigenvalue weighted by Gasteiger charge is 2.31. The SMILES string of the molecule is CC1CN(C(=O)c2ccc(OC(F)(F)F)cc2)CC(C)O1. The maximum Gasteiger partial charge on any atom is 0.573 e. The molecule has 1 aromatic carbocycles. The van der Waals surface area contributed by atoms with Crippen LogP contribution in [0.1, 0.15) is 24.2 Å². The van der Waals surface area contributed by atoms with E-state index in [1.54, 1.807) is 4.90 Å². The third-order valence-electron chi connectivity index (χ3n) is 3.04. The molecule has 1 aromatic rings. The summed E-state index contributed by atoms with van der Waals surface area (Å²) in [7, 11) is 0. The number of alkyl halides is 3. The molecule has 0 saturated carbocycles. The van der Waals surface area contributed by atoms with E-state index in [9.17, 15) is 18.0 Å². The molecule has 4 nitrogen and oxygen atoms in total. The van der Waals surface area contributed by atoms with E-state index in [1.807, 2.05) is 13.8 Å². The van der Waals surface area contributed by atoms with Crippen LogP contribution in [0.2, 0.25) is 0 Å². The van der Waals surface area contributed by atoms with Crippen molar-refractivity contribution in [1.29, 1.82) is 0 Å². The smallest absolute Gasteiger partial charge is 0.406 e. The van der Waals surface area contributed by atoms with Crippen LogP contribution in [0.4, 0.5) is 13.2 Å². The number of carbonyl (C=O) groups is 1. The molecule has 2 atom stereocenters. The molecule has 0 bridgehead atoms. The molecule has 116 valence electrons. The zero-order chi connectivity index (χ0) is 15.6. The summed E-state index contributed by atoms with van der Waals surface area (Å²) in [6, 6.07) is 4.92. The fourth-order valence-electron chi connectivity index (χ4n) is 2.33. The topological polar surface area (TPSA) is 38.8 Å². The summed E-state index contributed by atoms with van der Waals surface area (Å²) < 4.78 is 45.5. The zero-order valence-electron chi connectivity index (χ0n) is 11.7. The van der Waals surface area contributed by atoms with E-state index in [0.29, 0.717) is 18.7 Å². The third-order valence-corrected chi connectivity index (χ3v) is 3.04. The van der Waals surface area contributed by atoms with Gasteiger partial charge in [0.15, 0.2) is 0 Å². The predicted molar refractivity (Wildman–Crippen MR) is 69.0 cm³/mol. The Bertz CT molecular complexity index is 491. The van der Waals surface area contributed by atoms with Gasteiger partial charge in [-0.3, -0.25) is 4.79 Å². The maximum absolute atomic E-state index is 12.3. The van der Waals surface area contributed by atoms with Crippen molar-refractivity contribution in [3.63, 3.8) is 0 Å². The molecule has 0 radical (unpaired) electrons. The van der Waals surface area contributed by atoms with Crippen LogP contribution in [0.25, 0.3) is 0 Å². The number of morpholine rings is 1. The Morgan fingerprint density at radius 1 is 1.19 bits per heavy atom. The van der Waals surface area contributed by atoms with Crippen LogP contribution in [-0.2, 0) is 4.74 Å². The Kier molecular flexibility index (Phi) is 4.41. The zero-order valence-corrected chi connectivity index (χ0v) is 11.7. The molecule has 1 fully saturated rings. The number of carbonyl (C=O) groups excluding carboxylic acids is 1. The Morgan fingerprint density at radius 2 is 1.71 bits per heavy atom. The molecule has 21 heavy (non-hydrogen) atoms. The lowest BCUT2D eigenvalue weighted by Crippen LogP contribution is -2.48. The molecule has 1 saturated heterocycles. The molecule has 0 spiro atoms. The highest BCUT2D eigenvalue weighted by Crippen LogP contribution is 2.23. The first-order valence-corrected chi connectivity index (χ1v) is 6.55. The van der Waals surface area contributed by atoms with E-state index in [-0.39, 0.29) is 23.9 Å². The molecule has 2 rings (SSSR count). The molecule has 1 aliphatic heterocycles. The lowest BCUT2D eigenvalue weighted by atomic mass is 10.1. The average Bonchev–Trinajstić information content (AvgIpc) is 2.35. The second-order valence-corrected chi connectivity index (χ2v) is 5.04. The standard InChI is InChI=1S/C14H16F3NO3/c1-9-7-18(8-10(2)20-9)13(19)11-3-5-12(6-4-11)21-14(15,16)17/h3-6,9-10H,7-8H2,1-2H3. The number of amides is 1. The fraction of sp³-hybridized carbons (Fsp3) is 0.500. The minimum atomic E-state index is -4.74. The molecule has 7 heteroatoms. The lowest BCUT2D eigenvalue weighted by Gasteiger charge is -2.35. The van der Waals surface area contributed by atoms with E-state index >= 15 is 0 Å². The van der Waals surface area contributed by atoms with Crippen LogP contribution in [0, 0.1) is 0 Å². The number of rotatable bonds is 2. The van der Waals surface area contributed by atoms with Crippen LogP contribution in [0.5, 0.6) is 5.75 Å². The molecule has 0 aliphatic carbocycles. The second kappa shape index (κ2) is 5.93. The quantitative estimate of drug-likeness (QED) is 0.843. The first kappa shape index (κ1) is 15.6. The fourth-order valence-corrected chi connectivity index (χ4v) is 2.33. The number of hydrogen-bond donors (Lipinski definition) is 0. The van der Waals surface area contributed by atoms with Gasteiger partial charge in [0.25, 0.3) is 5.91 Å². The van der Waals surface area contributed by atoms with E-state index in [2.05, 4.69) is 4.74 Å². The molecular formula is C14H16F3NO3. The van der Waals surface area contributed by atoms with Gasteiger partial charge >= 0.3 is 6.36 Å². The van der Waals surface area contributed by atoms with Crippen LogP contribution in [0.3, 0.4) is 0 Å². The van der Waals surface area contributed by atoms with Gasteiger partial charge in [0.05, 0.1) is 12.2 Å². The average molecular weight is 303 g/mol. The first-order chi connectivity index (χ1) is 9.74. The summed E-state index contributed by atoms with van der Waals surface area (Å²) in [5.41, 5.74) is 0.325.